The van der Waals surface area contributed by atoms with Crippen molar-refractivity contribution in [2.75, 3.05) is 7.11 Å². The molecule has 1 amide bonds. The van der Waals surface area contributed by atoms with Crippen LogP contribution in [-0.4, -0.2) is 19.2 Å². The molecule has 3 rings (SSSR count). The minimum atomic E-state index is -0.261. The number of amides is 1. The van der Waals surface area contributed by atoms with E-state index in [2.05, 4.69) is 10.5 Å². The van der Waals surface area contributed by atoms with Crippen molar-refractivity contribution in [1.29, 1.82) is 0 Å². The number of carbonyl (C=O) groups is 1. The Bertz CT molecular complexity index is 917. The molecule has 0 fully saturated rings. The summed E-state index contributed by atoms with van der Waals surface area (Å²) in [5.74, 6) is 0.330. The molecule has 0 unspecified atom stereocenters. The quantitative estimate of drug-likeness (QED) is 0.570. The van der Waals surface area contributed by atoms with Gasteiger partial charge in [0.25, 0.3) is 5.91 Å². The Labute approximate surface area is 144 Å². The molecule has 0 aliphatic carbocycles. The minimum Gasteiger partial charge on any atom is -0.495 e. The number of carbonyl (C=O) groups excluding carboxylic acids is 1. The fourth-order valence-electron chi connectivity index (χ4n) is 2.41. The highest BCUT2D eigenvalue weighted by molar-refractivity contribution is 6.32. The van der Waals surface area contributed by atoms with Crippen molar-refractivity contribution in [2.45, 2.75) is 0 Å². The first-order chi connectivity index (χ1) is 11.7. The second-order valence-corrected chi connectivity index (χ2v) is 5.53. The van der Waals surface area contributed by atoms with Crippen molar-refractivity contribution in [3.63, 3.8) is 0 Å². The molecule has 0 spiro atoms. The summed E-state index contributed by atoms with van der Waals surface area (Å²) < 4.78 is 5.10. The van der Waals surface area contributed by atoms with Gasteiger partial charge in [-0.15, -0.1) is 0 Å². The van der Waals surface area contributed by atoms with Gasteiger partial charge in [0.1, 0.15) is 5.75 Å². The van der Waals surface area contributed by atoms with Gasteiger partial charge in [-0.1, -0.05) is 48.0 Å². The molecule has 24 heavy (non-hydrogen) atoms. The summed E-state index contributed by atoms with van der Waals surface area (Å²) in [4.78, 5) is 12.3. The Morgan fingerprint density at radius 3 is 2.71 bits per heavy atom. The van der Waals surface area contributed by atoms with Crippen molar-refractivity contribution < 1.29 is 9.53 Å². The van der Waals surface area contributed by atoms with Crippen LogP contribution >= 0.6 is 11.6 Å². The van der Waals surface area contributed by atoms with E-state index >= 15 is 0 Å². The van der Waals surface area contributed by atoms with Crippen LogP contribution in [0.2, 0.25) is 5.02 Å². The van der Waals surface area contributed by atoms with Gasteiger partial charge in [0.05, 0.1) is 18.3 Å². The van der Waals surface area contributed by atoms with Crippen LogP contribution in [0.3, 0.4) is 0 Å². The Balaban J connectivity index is 1.76. The molecule has 120 valence electrons. The zero-order chi connectivity index (χ0) is 16.9. The molecule has 1 N–H and O–H groups in total. The number of nitrogens with one attached hydrogen (secondary N) is 1. The molecule has 5 heteroatoms. The summed E-state index contributed by atoms with van der Waals surface area (Å²) in [6, 6.07) is 18.6. The van der Waals surface area contributed by atoms with Crippen molar-refractivity contribution in [1.82, 2.24) is 5.43 Å². The van der Waals surface area contributed by atoms with E-state index in [1.54, 1.807) is 31.4 Å². The van der Waals surface area contributed by atoms with Gasteiger partial charge in [0, 0.05) is 5.56 Å². The molecule has 3 aromatic carbocycles. The van der Waals surface area contributed by atoms with Crippen molar-refractivity contribution in [3.05, 3.63) is 76.8 Å². The van der Waals surface area contributed by atoms with E-state index in [4.69, 9.17) is 16.3 Å². The first kappa shape index (κ1) is 16.0. The Morgan fingerprint density at radius 1 is 1.12 bits per heavy atom. The first-order valence-electron chi connectivity index (χ1n) is 7.34. The molecule has 0 saturated heterocycles. The topological polar surface area (TPSA) is 50.7 Å². The number of hydrogen-bond donors (Lipinski definition) is 1. The summed E-state index contributed by atoms with van der Waals surface area (Å²) in [6.45, 7) is 0. The Morgan fingerprint density at radius 2 is 1.92 bits per heavy atom. The number of fused-ring (bicyclic) bond motifs is 1. The van der Waals surface area contributed by atoms with Crippen molar-refractivity contribution in [3.8, 4) is 5.75 Å². The molecule has 4 nitrogen and oxygen atoms in total. The molecule has 3 aromatic rings. The number of halogens is 1. The van der Waals surface area contributed by atoms with Crippen LogP contribution in [0.4, 0.5) is 0 Å². The lowest BCUT2D eigenvalue weighted by atomic mass is 10.0. The number of hydrazone groups is 1. The van der Waals surface area contributed by atoms with Crippen LogP contribution in [0.15, 0.2) is 65.8 Å². The van der Waals surface area contributed by atoms with Gasteiger partial charge in [0.2, 0.25) is 0 Å². The number of ether oxygens (including phenoxy) is 1. The van der Waals surface area contributed by atoms with Gasteiger partial charge in [0.15, 0.2) is 0 Å². The third kappa shape index (κ3) is 3.39. The summed E-state index contributed by atoms with van der Waals surface area (Å²) >= 11 is 6.06. The summed E-state index contributed by atoms with van der Waals surface area (Å²) in [5, 5.41) is 6.38. The van der Waals surface area contributed by atoms with E-state index in [9.17, 15) is 4.79 Å². The predicted molar refractivity (Wildman–Crippen MR) is 97.0 cm³/mol. The lowest BCUT2D eigenvalue weighted by Crippen LogP contribution is -2.17. The van der Waals surface area contributed by atoms with Gasteiger partial charge in [-0.25, -0.2) is 5.43 Å². The third-order valence-corrected chi connectivity index (χ3v) is 3.89. The highest BCUT2D eigenvalue weighted by Crippen LogP contribution is 2.24. The third-order valence-electron chi connectivity index (χ3n) is 3.59. The molecule has 0 aliphatic rings. The molecule has 0 radical (unpaired) electrons. The zero-order valence-corrected chi connectivity index (χ0v) is 13.7. The van der Waals surface area contributed by atoms with E-state index in [1.807, 2.05) is 36.4 Å². The van der Waals surface area contributed by atoms with Crippen molar-refractivity contribution >= 4 is 34.5 Å². The highest BCUT2D eigenvalue weighted by atomic mass is 35.5. The van der Waals surface area contributed by atoms with E-state index in [-0.39, 0.29) is 5.91 Å². The SMILES string of the molecule is COc1ccc(/C=N\NC(=O)c2cccc3ccccc23)cc1Cl. The first-order valence-corrected chi connectivity index (χ1v) is 7.71. The van der Waals surface area contributed by atoms with Crippen LogP contribution in [0.5, 0.6) is 5.75 Å². The molecular weight excluding hydrogens is 324 g/mol. The maximum Gasteiger partial charge on any atom is 0.271 e. The Hall–Kier alpha value is -2.85. The maximum atomic E-state index is 12.3. The number of hydrogen-bond acceptors (Lipinski definition) is 3. The van der Waals surface area contributed by atoms with E-state index in [1.165, 1.54) is 6.21 Å². The second-order valence-electron chi connectivity index (χ2n) is 5.12. The maximum absolute atomic E-state index is 12.3. The van der Waals surface area contributed by atoms with Gasteiger partial charge in [-0.2, -0.15) is 5.10 Å². The molecule has 0 heterocycles. The van der Waals surface area contributed by atoms with Crippen LogP contribution < -0.4 is 10.2 Å². The second kappa shape index (κ2) is 7.15. The molecule has 0 aromatic heterocycles. The van der Waals surface area contributed by atoms with Crippen LogP contribution in [-0.2, 0) is 0 Å². The number of benzene rings is 3. The van der Waals surface area contributed by atoms with Gasteiger partial charge in [-0.05, 0) is 40.6 Å². The van der Waals surface area contributed by atoms with Crippen LogP contribution in [0.1, 0.15) is 15.9 Å². The fourth-order valence-corrected chi connectivity index (χ4v) is 2.68. The molecule has 0 aliphatic heterocycles. The monoisotopic (exact) mass is 338 g/mol. The summed E-state index contributed by atoms with van der Waals surface area (Å²) in [7, 11) is 1.55. The fraction of sp³-hybridized carbons (Fsp3) is 0.0526. The lowest BCUT2D eigenvalue weighted by molar-refractivity contribution is 0.0957. The minimum absolute atomic E-state index is 0.261. The summed E-state index contributed by atoms with van der Waals surface area (Å²) in [5.41, 5.74) is 3.89. The van der Waals surface area contributed by atoms with Gasteiger partial charge >= 0.3 is 0 Å². The molecular formula is C19H15ClN2O2. The average Bonchev–Trinajstić information content (AvgIpc) is 2.61. The van der Waals surface area contributed by atoms with Gasteiger partial charge in [-0.3, -0.25) is 4.79 Å². The number of nitrogens with zero attached hydrogens (tertiary/aromatic N) is 1. The molecule has 0 saturated carbocycles. The average molecular weight is 339 g/mol. The van der Waals surface area contributed by atoms with E-state index in [0.29, 0.717) is 16.3 Å². The van der Waals surface area contributed by atoms with E-state index in [0.717, 1.165) is 16.3 Å². The predicted octanol–water partition coefficient (Wildman–Crippen LogP) is 4.27. The largest absolute Gasteiger partial charge is 0.495 e. The number of methoxy groups -OCH3 is 1. The van der Waals surface area contributed by atoms with Crippen LogP contribution in [0.25, 0.3) is 10.8 Å². The summed E-state index contributed by atoms with van der Waals surface area (Å²) in [6.07, 6.45) is 1.54. The van der Waals surface area contributed by atoms with Crippen LogP contribution in [0, 0.1) is 0 Å². The Kier molecular flexibility index (Phi) is 4.77. The number of rotatable bonds is 4. The molecule has 0 atom stereocenters. The highest BCUT2D eigenvalue weighted by Gasteiger charge is 2.08. The zero-order valence-electron chi connectivity index (χ0n) is 13.0. The lowest BCUT2D eigenvalue weighted by Gasteiger charge is -2.05. The standard InChI is InChI=1S/C19H15ClN2O2/c1-24-18-10-9-13(11-17(18)20)12-21-22-19(23)16-8-4-6-14-5-2-3-7-15(14)16/h2-12H,1H3,(H,22,23)/b21-12-. The normalized spacial score (nSPS) is 10.9. The van der Waals surface area contributed by atoms with Gasteiger partial charge < -0.3 is 4.74 Å². The van der Waals surface area contributed by atoms with Crippen molar-refractivity contribution in [2.24, 2.45) is 5.10 Å². The molecule has 0 bridgehead atoms. The smallest absolute Gasteiger partial charge is 0.271 e. The van der Waals surface area contributed by atoms with E-state index < -0.39 is 0 Å².